The van der Waals surface area contributed by atoms with E-state index in [1.54, 1.807) is 0 Å². The highest BCUT2D eigenvalue weighted by Gasteiger charge is 2.06. The van der Waals surface area contributed by atoms with Crippen molar-refractivity contribution in [3.05, 3.63) is 60.2 Å². The fourth-order valence-electron chi connectivity index (χ4n) is 2.17. The van der Waals surface area contributed by atoms with E-state index in [2.05, 4.69) is 50.1 Å². The molecule has 0 aromatic heterocycles. The molecule has 0 saturated carbocycles. The Balaban J connectivity index is -0.000000748. The maximum Gasteiger partial charge on any atom is 0.239 e. The summed E-state index contributed by atoms with van der Waals surface area (Å²) in [5.41, 5.74) is 2.32. The Morgan fingerprint density at radius 3 is 2.03 bits per heavy atom. The Hall–Kier alpha value is -1.58. The van der Waals surface area contributed by atoms with E-state index < -0.39 is 0 Å². The molecule has 0 heterocycles. The second-order valence-corrected chi connectivity index (χ2v) is 7.99. The van der Waals surface area contributed by atoms with Crippen LogP contribution in [-0.2, 0) is 16.1 Å². The first-order chi connectivity index (χ1) is 16.5. The monoisotopic (exact) mass is 603 g/mol. The van der Waals surface area contributed by atoms with Gasteiger partial charge in [0.2, 0.25) is 11.8 Å². The van der Waals surface area contributed by atoms with Gasteiger partial charge in [0.25, 0.3) is 0 Å². The van der Waals surface area contributed by atoms with Crippen LogP contribution in [0.5, 0.6) is 0 Å². The van der Waals surface area contributed by atoms with Crippen molar-refractivity contribution in [1.29, 1.82) is 0 Å². The Morgan fingerprint density at radius 2 is 1.47 bits per heavy atom. The molecule has 0 aliphatic carbocycles. The molecule has 5 nitrogen and oxygen atoms in total. The maximum absolute atomic E-state index is 11.8. The third-order valence-corrected chi connectivity index (χ3v) is 5.16. The molecule has 3 N–H and O–H groups in total. The fraction of sp³-hybridized carbons (Fsp3) is 0.481. The second kappa shape index (κ2) is 27.7. The molecule has 0 atom stereocenters. The van der Waals surface area contributed by atoms with Crippen molar-refractivity contribution in [2.75, 3.05) is 13.1 Å². The number of benzene rings is 2. The number of rotatable bonds is 9. The van der Waals surface area contributed by atoms with Gasteiger partial charge >= 0.3 is 0 Å². The predicted octanol–water partition coefficient (Wildman–Crippen LogP) is 7.60. The Morgan fingerprint density at radius 1 is 0.912 bits per heavy atom. The molecule has 2 rings (SSSR count). The highest BCUT2D eigenvalue weighted by Crippen LogP contribution is 2.18. The van der Waals surface area contributed by atoms with Gasteiger partial charge < -0.3 is 10.6 Å². The van der Waals surface area contributed by atoms with Crippen LogP contribution in [0, 0.1) is 0 Å². The van der Waals surface area contributed by atoms with Gasteiger partial charge in [0.1, 0.15) is 0 Å². The highest BCUT2D eigenvalue weighted by molar-refractivity contribution is 14.2. The van der Waals surface area contributed by atoms with Crippen molar-refractivity contribution < 1.29 is 9.59 Å². The number of carbonyl (C=O) groups is 2. The van der Waals surface area contributed by atoms with Crippen LogP contribution >= 0.6 is 30.3 Å². The van der Waals surface area contributed by atoms with Gasteiger partial charge in [-0.2, -0.15) is 0 Å². The highest BCUT2D eigenvalue weighted by atomic mass is 127. The Kier molecular flexibility index (Phi) is 30.1. The lowest BCUT2D eigenvalue weighted by molar-refractivity contribution is -0.126. The minimum Gasteiger partial charge on any atom is -0.350 e. The van der Waals surface area contributed by atoms with Gasteiger partial charge in [-0.3, -0.25) is 14.3 Å². The molecule has 0 fully saturated rings. The van der Waals surface area contributed by atoms with Gasteiger partial charge in [-0.05, 0) is 38.8 Å². The summed E-state index contributed by atoms with van der Waals surface area (Å²) in [7, 11) is 1.44. The van der Waals surface area contributed by atoms with Crippen LogP contribution in [-0.4, -0.2) is 24.9 Å². The zero-order chi connectivity index (χ0) is 26.8. The van der Waals surface area contributed by atoms with Gasteiger partial charge in [-0.15, -0.1) is 6.58 Å². The molecule has 0 bridgehead atoms. The van der Waals surface area contributed by atoms with Crippen molar-refractivity contribution in [3.8, 4) is 0 Å². The SMILES string of the molecule is C=C(C)CC.CC.CC.CC.O=C(CCNSI)NCC(=O)NCc1cccc2ccccc12. The summed E-state index contributed by atoms with van der Waals surface area (Å²) in [5.74, 6) is -0.328. The molecule has 2 amide bonds. The van der Waals surface area contributed by atoms with Gasteiger partial charge in [-0.1, -0.05) is 96.5 Å². The number of fused-ring (bicyclic) bond motifs is 1. The third kappa shape index (κ3) is 19.9. The van der Waals surface area contributed by atoms with Crippen LogP contribution < -0.4 is 15.4 Å². The minimum atomic E-state index is -0.192. The average molecular weight is 604 g/mol. The van der Waals surface area contributed by atoms with Crippen molar-refractivity contribution in [2.45, 2.75) is 74.8 Å². The van der Waals surface area contributed by atoms with E-state index in [0.29, 0.717) is 19.5 Å². The van der Waals surface area contributed by atoms with Crippen molar-refractivity contribution in [1.82, 2.24) is 15.4 Å². The molecule has 0 saturated heterocycles. The number of allylic oxidation sites excluding steroid dienone is 1. The molecule has 0 aliphatic rings. The van der Waals surface area contributed by atoms with Crippen LogP contribution in [0.1, 0.15) is 73.8 Å². The van der Waals surface area contributed by atoms with E-state index in [1.807, 2.05) is 90.9 Å². The van der Waals surface area contributed by atoms with Crippen LogP contribution in [0.15, 0.2) is 54.6 Å². The summed E-state index contributed by atoms with van der Waals surface area (Å²) in [6.45, 7) is 20.8. The number of hydrogen-bond donors (Lipinski definition) is 3. The number of halogens is 1. The summed E-state index contributed by atoms with van der Waals surface area (Å²) in [6.07, 6.45) is 1.46. The summed E-state index contributed by atoms with van der Waals surface area (Å²) in [6, 6.07) is 14.1. The van der Waals surface area contributed by atoms with E-state index >= 15 is 0 Å². The molecule has 2 aromatic rings. The van der Waals surface area contributed by atoms with Crippen LogP contribution in [0.4, 0.5) is 0 Å². The number of amides is 2. The molecule has 0 spiro atoms. The molecule has 2 aromatic carbocycles. The van der Waals surface area contributed by atoms with E-state index in [4.69, 9.17) is 0 Å². The second-order valence-electron chi connectivity index (χ2n) is 6.22. The average Bonchev–Trinajstić information content (AvgIpc) is 2.90. The lowest BCUT2D eigenvalue weighted by Crippen LogP contribution is -2.37. The molecular formula is C27H46IN3O2S. The van der Waals surface area contributed by atoms with Gasteiger partial charge in [0.15, 0.2) is 0 Å². The van der Waals surface area contributed by atoms with Crippen LogP contribution in [0.2, 0.25) is 0 Å². The first-order valence-corrected chi connectivity index (χ1v) is 15.5. The molecule has 34 heavy (non-hydrogen) atoms. The van der Waals surface area contributed by atoms with Crippen LogP contribution in [0.3, 0.4) is 0 Å². The predicted molar refractivity (Wildman–Crippen MR) is 162 cm³/mol. The lowest BCUT2D eigenvalue weighted by Gasteiger charge is -2.09. The van der Waals surface area contributed by atoms with E-state index in [0.717, 1.165) is 22.8 Å². The van der Waals surface area contributed by atoms with E-state index in [9.17, 15) is 9.59 Å². The van der Waals surface area contributed by atoms with Gasteiger partial charge in [0, 0.05) is 40.7 Å². The number of hydrogen-bond acceptors (Lipinski definition) is 4. The largest absolute Gasteiger partial charge is 0.350 e. The fourth-order valence-corrected chi connectivity index (χ4v) is 3.01. The third-order valence-electron chi connectivity index (χ3n) is 3.91. The molecule has 0 aliphatic heterocycles. The lowest BCUT2D eigenvalue weighted by atomic mass is 10.0. The van der Waals surface area contributed by atoms with Crippen molar-refractivity contribution in [3.63, 3.8) is 0 Å². The van der Waals surface area contributed by atoms with Crippen molar-refractivity contribution >= 4 is 52.9 Å². The molecule has 0 unspecified atom stereocenters. The Bertz CT molecular complexity index is 780. The van der Waals surface area contributed by atoms with Gasteiger partial charge in [0.05, 0.1) is 6.54 Å². The molecular weight excluding hydrogens is 557 g/mol. The number of carbonyl (C=O) groups excluding carboxylic acids is 2. The van der Waals surface area contributed by atoms with E-state index in [1.165, 1.54) is 14.7 Å². The van der Waals surface area contributed by atoms with Crippen molar-refractivity contribution in [2.24, 2.45) is 0 Å². The molecule has 0 radical (unpaired) electrons. The van der Waals surface area contributed by atoms with E-state index in [-0.39, 0.29) is 18.4 Å². The zero-order valence-electron chi connectivity index (χ0n) is 22.4. The van der Waals surface area contributed by atoms with Crippen LogP contribution in [0.25, 0.3) is 10.8 Å². The summed E-state index contributed by atoms with van der Waals surface area (Å²) in [5, 5.41) is 7.72. The first-order valence-electron chi connectivity index (χ1n) is 12.1. The first kappa shape index (κ1) is 37.0. The quantitative estimate of drug-likeness (QED) is 0.120. The summed E-state index contributed by atoms with van der Waals surface area (Å²) in [4.78, 5) is 23.4. The number of nitrogens with one attached hydrogen (secondary N) is 3. The molecule has 7 heteroatoms. The summed E-state index contributed by atoms with van der Waals surface area (Å²) < 4.78 is 2.97. The zero-order valence-corrected chi connectivity index (χ0v) is 25.4. The maximum atomic E-state index is 11.8. The van der Waals surface area contributed by atoms with Gasteiger partial charge in [-0.25, -0.2) is 0 Å². The molecule has 194 valence electrons. The smallest absolute Gasteiger partial charge is 0.239 e. The Labute approximate surface area is 225 Å². The standard InChI is InChI=1S/C16H18IN3O2S.C5H10.3C2H6/c17-23-20-9-8-15(21)19-11-16(22)18-10-13-6-3-5-12-4-1-2-7-14(12)13;1-4-5(2)3;3*1-2/h1-7,20H,8-11H2,(H,18,22)(H,19,21);2,4H2,1,3H3;3*1-2H3. The summed E-state index contributed by atoms with van der Waals surface area (Å²) >= 11 is 2.10. The normalized spacial score (nSPS) is 8.74. The minimum absolute atomic E-state index is 0.000970. The topological polar surface area (TPSA) is 70.2 Å².